The molecule has 0 aromatic rings. The van der Waals surface area contributed by atoms with Gasteiger partial charge in [-0.3, -0.25) is 4.79 Å². The van der Waals surface area contributed by atoms with E-state index in [9.17, 15) is 30.0 Å². The molecular weight excluding hydrogens is 306 g/mol. The Morgan fingerprint density at radius 3 is 2.23 bits per heavy atom. The van der Waals surface area contributed by atoms with Crippen LogP contribution in [0.1, 0.15) is 0 Å². The molecule has 0 saturated carbocycles. The topological polar surface area (TPSA) is 211 Å². The molecule has 0 aromatic carbocycles. The standard InChI is InChI=1S/C11H19NO10/c12-6-8(18)5(3(15)1-13)11(21,10(19)20)22-9(6)7(17)4(16)2-14/h4-9,13-14,16-18,21H,1-2,12H2,(H,19,20)/t4-,5?,6-,7-,8+,9-,11-/m1/s1. The Morgan fingerprint density at radius 2 is 1.82 bits per heavy atom. The second-order valence-electron chi connectivity index (χ2n) is 4.99. The van der Waals surface area contributed by atoms with Crippen molar-refractivity contribution in [1.82, 2.24) is 0 Å². The van der Waals surface area contributed by atoms with E-state index in [0.717, 1.165) is 0 Å². The SMILES string of the molecule is N[C@H]1[C@H]([C@H](O)[C@H](O)CO)O[C@@](O)(C(=O)O)C(C(=O)CO)[C@@H]1O. The van der Waals surface area contributed by atoms with Crippen LogP contribution >= 0.6 is 0 Å². The average Bonchev–Trinajstić information content (AvgIpc) is 2.48. The van der Waals surface area contributed by atoms with Crippen LogP contribution in [0.25, 0.3) is 0 Å². The van der Waals surface area contributed by atoms with Gasteiger partial charge in [-0.1, -0.05) is 0 Å². The average molecular weight is 325 g/mol. The first-order chi connectivity index (χ1) is 10.1. The molecule has 11 heteroatoms. The number of hydrogen-bond donors (Lipinski definition) is 8. The molecule has 1 saturated heterocycles. The highest BCUT2D eigenvalue weighted by atomic mass is 16.7. The molecule has 22 heavy (non-hydrogen) atoms. The molecule has 1 aliphatic rings. The summed E-state index contributed by atoms with van der Waals surface area (Å²) >= 11 is 0. The first-order valence-electron chi connectivity index (χ1n) is 6.29. The fraction of sp³-hybridized carbons (Fsp3) is 0.818. The molecule has 1 heterocycles. The molecule has 1 aliphatic heterocycles. The Balaban J connectivity index is 3.22. The number of ether oxygens (including phenoxy) is 1. The lowest BCUT2D eigenvalue weighted by molar-refractivity contribution is -0.312. The van der Waals surface area contributed by atoms with Crippen LogP contribution in [0, 0.1) is 5.92 Å². The lowest BCUT2D eigenvalue weighted by Crippen LogP contribution is -2.71. The number of ketones is 1. The molecule has 11 nitrogen and oxygen atoms in total. The van der Waals surface area contributed by atoms with Gasteiger partial charge in [-0.05, 0) is 0 Å². The molecule has 0 aliphatic carbocycles. The van der Waals surface area contributed by atoms with Gasteiger partial charge in [-0.15, -0.1) is 0 Å². The number of nitrogens with two attached hydrogens (primary N) is 1. The van der Waals surface area contributed by atoms with E-state index in [1.807, 2.05) is 0 Å². The Kier molecular flexibility index (Phi) is 5.95. The van der Waals surface area contributed by atoms with Gasteiger partial charge in [0.1, 0.15) is 30.8 Å². The number of rotatable bonds is 6. The third kappa shape index (κ3) is 3.11. The minimum Gasteiger partial charge on any atom is -0.477 e. The fourth-order valence-electron chi connectivity index (χ4n) is 2.32. The van der Waals surface area contributed by atoms with E-state index in [0.29, 0.717) is 0 Å². The molecule has 1 rings (SSSR count). The van der Waals surface area contributed by atoms with Crippen molar-refractivity contribution in [3.63, 3.8) is 0 Å². The highest BCUT2D eigenvalue weighted by Gasteiger charge is 2.61. The maximum atomic E-state index is 11.6. The molecule has 0 spiro atoms. The van der Waals surface area contributed by atoms with Crippen molar-refractivity contribution in [3.05, 3.63) is 0 Å². The van der Waals surface area contributed by atoms with Gasteiger partial charge < -0.3 is 46.2 Å². The van der Waals surface area contributed by atoms with Crippen molar-refractivity contribution in [2.45, 2.75) is 36.2 Å². The largest absolute Gasteiger partial charge is 0.477 e. The second kappa shape index (κ2) is 6.93. The van der Waals surface area contributed by atoms with E-state index in [-0.39, 0.29) is 0 Å². The fourth-order valence-corrected chi connectivity index (χ4v) is 2.32. The zero-order valence-corrected chi connectivity index (χ0v) is 11.3. The zero-order chi connectivity index (χ0) is 17.2. The number of carbonyl (C=O) groups is 2. The minimum absolute atomic E-state index is 0.922. The van der Waals surface area contributed by atoms with Gasteiger partial charge in [0.2, 0.25) is 0 Å². The minimum atomic E-state index is -3.27. The van der Waals surface area contributed by atoms with Crippen molar-refractivity contribution < 1.29 is 50.1 Å². The van der Waals surface area contributed by atoms with Gasteiger partial charge in [0.25, 0.3) is 5.79 Å². The number of carboxylic acids is 1. The molecule has 1 fully saturated rings. The first-order valence-corrected chi connectivity index (χ1v) is 6.29. The summed E-state index contributed by atoms with van der Waals surface area (Å²) in [5, 5.41) is 65.8. The van der Waals surface area contributed by atoms with Crippen molar-refractivity contribution in [3.8, 4) is 0 Å². The van der Waals surface area contributed by atoms with Crippen LogP contribution in [0.4, 0.5) is 0 Å². The summed E-state index contributed by atoms with van der Waals surface area (Å²) in [4.78, 5) is 22.8. The van der Waals surface area contributed by atoms with Gasteiger partial charge >= 0.3 is 5.97 Å². The molecular formula is C11H19NO10. The van der Waals surface area contributed by atoms with E-state index in [2.05, 4.69) is 0 Å². The number of aliphatic hydroxyl groups is 6. The van der Waals surface area contributed by atoms with Gasteiger partial charge in [0.15, 0.2) is 5.78 Å². The van der Waals surface area contributed by atoms with E-state index in [1.54, 1.807) is 0 Å². The quantitative estimate of drug-likeness (QED) is 0.231. The molecule has 0 bridgehead atoms. The molecule has 0 amide bonds. The van der Waals surface area contributed by atoms with Crippen molar-refractivity contribution in [2.24, 2.45) is 11.7 Å². The number of carbonyl (C=O) groups excluding carboxylic acids is 1. The van der Waals surface area contributed by atoms with Gasteiger partial charge in [-0.2, -0.15) is 0 Å². The van der Waals surface area contributed by atoms with E-state index >= 15 is 0 Å². The monoisotopic (exact) mass is 325 g/mol. The smallest absolute Gasteiger partial charge is 0.365 e. The highest BCUT2D eigenvalue weighted by molar-refractivity contribution is 5.90. The van der Waals surface area contributed by atoms with Gasteiger partial charge in [0.05, 0.1) is 18.8 Å². The van der Waals surface area contributed by atoms with Gasteiger partial charge in [-0.25, -0.2) is 4.79 Å². The van der Waals surface area contributed by atoms with Crippen molar-refractivity contribution >= 4 is 11.8 Å². The lowest BCUT2D eigenvalue weighted by atomic mass is 9.78. The summed E-state index contributed by atoms with van der Waals surface area (Å²) in [6, 6.07) is -1.57. The summed E-state index contributed by atoms with van der Waals surface area (Å²) in [5.74, 6) is -8.65. The third-order valence-electron chi connectivity index (χ3n) is 3.58. The highest BCUT2D eigenvalue weighted by Crippen LogP contribution is 2.35. The number of hydrogen-bond acceptors (Lipinski definition) is 10. The van der Waals surface area contributed by atoms with Crippen molar-refractivity contribution in [2.75, 3.05) is 13.2 Å². The summed E-state index contributed by atoms with van der Waals surface area (Å²) < 4.78 is 4.76. The Bertz CT molecular complexity index is 431. The van der Waals surface area contributed by atoms with Crippen LogP contribution in [0.5, 0.6) is 0 Å². The summed E-state index contributed by atoms with van der Waals surface area (Å²) in [6.45, 7) is -2.10. The summed E-state index contributed by atoms with van der Waals surface area (Å²) in [5.41, 5.74) is 5.55. The number of aliphatic carboxylic acids is 1. The maximum Gasteiger partial charge on any atom is 0.365 e. The van der Waals surface area contributed by atoms with Crippen molar-refractivity contribution in [1.29, 1.82) is 0 Å². The van der Waals surface area contributed by atoms with Crippen LogP contribution in [-0.4, -0.2) is 97.0 Å². The van der Waals surface area contributed by atoms with Crippen LogP contribution in [0.15, 0.2) is 0 Å². The molecule has 0 aromatic heterocycles. The summed E-state index contributed by atoms with van der Waals surface area (Å²) in [6.07, 6.45) is -7.50. The van der Waals surface area contributed by atoms with Crippen LogP contribution in [0.3, 0.4) is 0 Å². The molecule has 9 N–H and O–H groups in total. The summed E-state index contributed by atoms with van der Waals surface area (Å²) in [7, 11) is 0. The molecule has 0 radical (unpaired) electrons. The predicted molar refractivity (Wildman–Crippen MR) is 66.1 cm³/mol. The lowest BCUT2D eigenvalue weighted by Gasteiger charge is -2.47. The third-order valence-corrected chi connectivity index (χ3v) is 3.58. The van der Waals surface area contributed by atoms with Gasteiger partial charge in [0, 0.05) is 0 Å². The second-order valence-corrected chi connectivity index (χ2v) is 4.99. The molecule has 1 unspecified atom stereocenters. The maximum absolute atomic E-state index is 11.6. The van der Waals surface area contributed by atoms with E-state index < -0.39 is 67.1 Å². The number of carboxylic acid groups (broad SMARTS) is 1. The van der Waals surface area contributed by atoms with Crippen LogP contribution in [-0.2, 0) is 14.3 Å². The normalized spacial score (nSPS) is 38.3. The predicted octanol–water partition coefficient (Wildman–Crippen LogP) is -5.26. The zero-order valence-electron chi connectivity index (χ0n) is 11.3. The first kappa shape index (κ1) is 18.9. The Labute approximate surface area is 124 Å². The van der Waals surface area contributed by atoms with E-state index in [1.165, 1.54) is 0 Å². The Morgan fingerprint density at radius 1 is 1.27 bits per heavy atom. The Hall–Kier alpha value is -1.18. The number of aliphatic hydroxyl groups excluding tert-OH is 5. The van der Waals surface area contributed by atoms with E-state index in [4.69, 9.17) is 25.8 Å². The van der Waals surface area contributed by atoms with Crippen LogP contribution < -0.4 is 5.73 Å². The molecule has 7 atom stereocenters. The molecule has 128 valence electrons. The van der Waals surface area contributed by atoms with Crippen LogP contribution in [0.2, 0.25) is 0 Å². The number of Topliss-reactive ketones (excluding diaryl/α,β-unsaturated/α-hetero) is 1.